The molecule has 2 aromatic rings. The number of nitrogens with zero attached hydrogens (tertiary/aromatic N) is 2. The van der Waals surface area contributed by atoms with Gasteiger partial charge < -0.3 is 0 Å². The molecule has 0 spiro atoms. The fourth-order valence-electron chi connectivity index (χ4n) is 1.18. The Kier molecular flexibility index (Phi) is 2.22. The Morgan fingerprint density at radius 1 is 1.31 bits per heavy atom. The monoisotopic (exact) mass is 256 g/mol. The SMILES string of the molecule is Cc1ccc2nc(Br)nc(Cl)c2c1. The van der Waals surface area contributed by atoms with Gasteiger partial charge in [0.05, 0.1) is 5.52 Å². The van der Waals surface area contributed by atoms with Gasteiger partial charge in [-0.3, -0.25) is 0 Å². The second-order valence-electron chi connectivity index (χ2n) is 2.80. The Morgan fingerprint density at radius 3 is 2.85 bits per heavy atom. The molecule has 2 nitrogen and oxygen atoms in total. The van der Waals surface area contributed by atoms with Crippen LogP contribution >= 0.6 is 27.5 Å². The summed E-state index contributed by atoms with van der Waals surface area (Å²) in [5, 5.41) is 1.38. The van der Waals surface area contributed by atoms with Crippen molar-refractivity contribution in [3.8, 4) is 0 Å². The summed E-state index contributed by atoms with van der Waals surface area (Å²) in [7, 11) is 0. The lowest BCUT2D eigenvalue weighted by Crippen LogP contribution is -1.87. The molecule has 0 radical (unpaired) electrons. The molecule has 1 aromatic heterocycles. The molecule has 1 aromatic carbocycles. The number of halogens is 2. The zero-order valence-corrected chi connectivity index (χ0v) is 9.22. The number of rotatable bonds is 0. The number of aromatic nitrogens is 2. The average molecular weight is 258 g/mol. The second-order valence-corrected chi connectivity index (χ2v) is 3.87. The van der Waals surface area contributed by atoms with Gasteiger partial charge in [0.1, 0.15) is 5.15 Å². The maximum absolute atomic E-state index is 5.95. The molecule has 13 heavy (non-hydrogen) atoms. The summed E-state index contributed by atoms with van der Waals surface area (Å²) in [6, 6.07) is 5.91. The van der Waals surface area contributed by atoms with E-state index in [9.17, 15) is 0 Å². The number of fused-ring (bicyclic) bond motifs is 1. The van der Waals surface area contributed by atoms with E-state index < -0.39 is 0 Å². The van der Waals surface area contributed by atoms with Crippen molar-refractivity contribution in [2.24, 2.45) is 0 Å². The molecule has 2 rings (SSSR count). The summed E-state index contributed by atoms with van der Waals surface area (Å²) in [5.41, 5.74) is 2.01. The van der Waals surface area contributed by atoms with Gasteiger partial charge in [-0.1, -0.05) is 23.2 Å². The smallest absolute Gasteiger partial charge is 0.198 e. The van der Waals surface area contributed by atoms with Crippen LogP contribution in [-0.2, 0) is 0 Å². The predicted octanol–water partition coefficient (Wildman–Crippen LogP) is 3.35. The van der Waals surface area contributed by atoms with E-state index >= 15 is 0 Å². The van der Waals surface area contributed by atoms with Crippen LogP contribution in [0.5, 0.6) is 0 Å². The van der Waals surface area contributed by atoms with Gasteiger partial charge in [0.2, 0.25) is 0 Å². The van der Waals surface area contributed by atoms with Crippen LogP contribution in [0.2, 0.25) is 5.15 Å². The van der Waals surface area contributed by atoms with Crippen LogP contribution in [0.3, 0.4) is 0 Å². The Balaban J connectivity index is 2.87. The van der Waals surface area contributed by atoms with Crippen molar-refractivity contribution in [1.82, 2.24) is 9.97 Å². The van der Waals surface area contributed by atoms with Gasteiger partial charge in [0.15, 0.2) is 4.73 Å². The van der Waals surface area contributed by atoms with E-state index in [1.165, 1.54) is 0 Å². The minimum atomic E-state index is 0.487. The van der Waals surface area contributed by atoms with Gasteiger partial charge in [-0.15, -0.1) is 0 Å². The molecule has 0 saturated heterocycles. The molecule has 1 heterocycles. The van der Waals surface area contributed by atoms with Gasteiger partial charge in [-0.2, -0.15) is 0 Å². The van der Waals surface area contributed by atoms with Gasteiger partial charge >= 0.3 is 0 Å². The molecule has 0 aliphatic carbocycles. The van der Waals surface area contributed by atoms with Crippen LogP contribution < -0.4 is 0 Å². The van der Waals surface area contributed by atoms with E-state index in [-0.39, 0.29) is 0 Å². The van der Waals surface area contributed by atoms with E-state index in [1.807, 2.05) is 25.1 Å². The normalized spacial score (nSPS) is 10.7. The molecule has 0 unspecified atom stereocenters. The number of hydrogen-bond donors (Lipinski definition) is 0. The van der Waals surface area contributed by atoms with Crippen LogP contribution in [-0.4, -0.2) is 9.97 Å². The first-order valence-electron chi connectivity index (χ1n) is 3.76. The van der Waals surface area contributed by atoms with Crippen molar-refractivity contribution >= 4 is 38.4 Å². The van der Waals surface area contributed by atoms with E-state index in [0.717, 1.165) is 16.5 Å². The summed E-state index contributed by atoms with van der Waals surface area (Å²) in [4.78, 5) is 8.21. The lowest BCUT2D eigenvalue weighted by atomic mass is 10.2. The second kappa shape index (κ2) is 3.24. The standard InChI is InChI=1S/C9H6BrClN2/c1-5-2-3-7-6(4-5)8(11)13-9(10)12-7/h2-4H,1H3. The van der Waals surface area contributed by atoms with Gasteiger partial charge in [-0.25, -0.2) is 9.97 Å². The van der Waals surface area contributed by atoms with Crippen LogP contribution in [0.4, 0.5) is 0 Å². The molecule has 0 fully saturated rings. The molecule has 0 aliphatic heterocycles. The molecule has 0 saturated carbocycles. The fraction of sp³-hybridized carbons (Fsp3) is 0.111. The number of aryl methyl sites for hydroxylation is 1. The first-order chi connectivity index (χ1) is 6.16. The summed E-state index contributed by atoms with van der Waals surface area (Å²) in [6.07, 6.45) is 0. The maximum atomic E-state index is 5.95. The van der Waals surface area contributed by atoms with E-state index in [1.54, 1.807) is 0 Å². The van der Waals surface area contributed by atoms with Gasteiger partial charge in [0.25, 0.3) is 0 Å². The zero-order valence-electron chi connectivity index (χ0n) is 6.88. The topological polar surface area (TPSA) is 25.8 Å². The Hall–Kier alpha value is -0.670. The summed E-state index contributed by atoms with van der Waals surface area (Å²) < 4.78 is 0.522. The van der Waals surface area contributed by atoms with Crippen LogP contribution in [0, 0.1) is 6.92 Å². The number of hydrogen-bond acceptors (Lipinski definition) is 2. The largest absolute Gasteiger partial charge is 0.222 e. The minimum absolute atomic E-state index is 0.487. The van der Waals surface area contributed by atoms with Crippen molar-refractivity contribution < 1.29 is 0 Å². The highest BCUT2D eigenvalue weighted by Crippen LogP contribution is 2.22. The molecule has 0 bridgehead atoms. The third-order valence-corrected chi connectivity index (χ3v) is 2.42. The minimum Gasteiger partial charge on any atom is -0.222 e. The quantitative estimate of drug-likeness (QED) is 0.534. The molecule has 66 valence electrons. The lowest BCUT2D eigenvalue weighted by Gasteiger charge is -2.00. The highest BCUT2D eigenvalue weighted by molar-refractivity contribution is 9.10. The Labute approximate surface area is 89.1 Å². The molecule has 0 atom stereocenters. The third kappa shape index (κ3) is 1.67. The number of benzene rings is 1. The van der Waals surface area contributed by atoms with Crippen molar-refractivity contribution in [1.29, 1.82) is 0 Å². The average Bonchev–Trinajstić information content (AvgIpc) is 2.06. The van der Waals surface area contributed by atoms with Gasteiger partial charge in [0, 0.05) is 5.39 Å². The first-order valence-corrected chi connectivity index (χ1v) is 4.93. The van der Waals surface area contributed by atoms with Crippen LogP contribution in [0.15, 0.2) is 22.9 Å². The van der Waals surface area contributed by atoms with Gasteiger partial charge in [-0.05, 0) is 35.0 Å². The van der Waals surface area contributed by atoms with Crippen molar-refractivity contribution in [3.63, 3.8) is 0 Å². The van der Waals surface area contributed by atoms with Crippen molar-refractivity contribution in [3.05, 3.63) is 33.6 Å². The predicted molar refractivity (Wildman–Crippen MR) is 57.0 cm³/mol. The summed E-state index contributed by atoms with van der Waals surface area (Å²) in [5.74, 6) is 0. The summed E-state index contributed by atoms with van der Waals surface area (Å²) in [6.45, 7) is 2.01. The molecule has 0 aliphatic rings. The molecule has 0 amide bonds. The zero-order chi connectivity index (χ0) is 9.42. The first kappa shape index (κ1) is 8.91. The maximum Gasteiger partial charge on any atom is 0.198 e. The highest BCUT2D eigenvalue weighted by Gasteiger charge is 2.03. The Morgan fingerprint density at radius 2 is 2.08 bits per heavy atom. The highest BCUT2D eigenvalue weighted by atomic mass is 79.9. The Bertz CT molecular complexity index is 470. The van der Waals surface area contributed by atoms with E-state index in [4.69, 9.17) is 11.6 Å². The lowest BCUT2D eigenvalue weighted by molar-refractivity contribution is 1.16. The molecular formula is C9H6BrClN2. The van der Waals surface area contributed by atoms with Crippen LogP contribution in [0.1, 0.15) is 5.56 Å². The third-order valence-electron chi connectivity index (χ3n) is 1.78. The molecular weight excluding hydrogens is 251 g/mol. The van der Waals surface area contributed by atoms with E-state index in [0.29, 0.717) is 9.89 Å². The molecule has 4 heteroatoms. The molecule has 0 N–H and O–H groups in total. The van der Waals surface area contributed by atoms with E-state index in [2.05, 4.69) is 25.9 Å². The van der Waals surface area contributed by atoms with Crippen LogP contribution in [0.25, 0.3) is 10.9 Å². The van der Waals surface area contributed by atoms with Crippen molar-refractivity contribution in [2.45, 2.75) is 6.92 Å². The van der Waals surface area contributed by atoms with Crippen molar-refractivity contribution in [2.75, 3.05) is 0 Å². The fourth-order valence-corrected chi connectivity index (χ4v) is 1.88. The summed E-state index contributed by atoms with van der Waals surface area (Å²) >= 11 is 9.15.